The second kappa shape index (κ2) is 13.8. The van der Waals surface area contributed by atoms with E-state index in [-0.39, 0.29) is 29.8 Å². The summed E-state index contributed by atoms with van der Waals surface area (Å²) in [6, 6.07) is 3.48. The molecular weight excluding hydrogens is 472 g/mol. The van der Waals surface area contributed by atoms with Crippen LogP contribution < -0.4 is 22.1 Å². The Morgan fingerprint density at radius 1 is 1.00 bits per heavy atom. The van der Waals surface area contributed by atoms with Gasteiger partial charge in [-0.3, -0.25) is 28.8 Å². The van der Waals surface area contributed by atoms with Crippen molar-refractivity contribution in [3.05, 3.63) is 29.8 Å². The number of carboxylic acid groups (broad SMARTS) is 3. The molecule has 186 valence electrons. The highest BCUT2D eigenvalue weighted by Crippen LogP contribution is 2.21. The molecule has 0 bridgehead atoms. The Kier molecular flexibility index (Phi) is 11.5. The smallest absolute Gasteiger partial charge is 0.322 e. The number of thioether (sulfide) groups is 1. The average Bonchev–Trinajstić information content (AvgIpc) is 2.77. The number of hydrogen-bond acceptors (Lipinski definition) is 9. The van der Waals surface area contributed by atoms with Crippen molar-refractivity contribution in [2.45, 2.75) is 36.6 Å². The number of hydrogen-bond donors (Lipinski definition) is 7. The van der Waals surface area contributed by atoms with Crippen LogP contribution in [0.4, 0.5) is 5.69 Å². The molecule has 1 aromatic rings. The van der Waals surface area contributed by atoms with Crippen LogP contribution in [-0.4, -0.2) is 80.5 Å². The summed E-state index contributed by atoms with van der Waals surface area (Å²) in [5, 5.41) is 30.1. The minimum atomic E-state index is -1.35. The van der Waals surface area contributed by atoms with E-state index in [1.165, 1.54) is 12.1 Å². The van der Waals surface area contributed by atoms with E-state index in [0.29, 0.717) is 11.8 Å². The lowest BCUT2D eigenvalue weighted by molar-refractivity contribution is -0.139. The molecule has 0 aromatic heterocycles. The van der Waals surface area contributed by atoms with Gasteiger partial charge in [-0.05, 0) is 18.6 Å². The number of anilines is 1. The molecule has 0 spiro atoms. The normalized spacial score (nSPS) is 13.2. The van der Waals surface area contributed by atoms with E-state index in [4.69, 9.17) is 21.7 Å². The Balaban J connectivity index is 2.86. The maximum atomic E-state index is 12.5. The molecule has 9 N–H and O–H groups in total. The number of nitrogen functional groups attached to an aromatic ring is 1. The number of carboxylic acids is 3. The summed E-state index contributed by atoms with van der Waals surface area (Å²) >= 11 is 0.697. The van der Waals surface area contributed by atoms with Crippen LogP contribution in [-0.2, 0) is 24.0 Å². The van der Waals surface area contributed by atoms with Crippen molar-refractivity contribution in [1.82, 2.24) is 10.6 Å². The number of amides is 2. The topological polar surface area (TPSA) is 239 Å². The van der Waals surface area contributed by atoms with E-state index in [2.05, 4.69) is 10.6 Å². The first-order valence-electron chi connectivity index (χ1n) is 9.91. The molecule has 0 aliphatic rings. The van der Waals surface area contributed by atoms with Crippen LogP contribution in [0.2, 0.25) is 0 Å². The summed E-state index contributed by atoms with van der Waals surface area (Å²) < 4.78 is 0. The van der Waals surface area contributed by atoms with Crippen LogP contribution in [0, 0.1) is 0 Å². The van der Waals surface area contributed by atoms with E-state index in [1.807, 2.05) is 0 Å². The van der Waals surface area contributed by atoms with Crippen molar-refractivity contribution < 1.29 is 44.1 Å². The highest BCUT2D eigenvalue weighted by molar-refractivity contribution is 8.00. The van der Waals surface area contributed by atoms with Crippen molar-refractivity contribution in [3.63, 3.8) is 0 Å². The van der Waals surface area contributed by atoms with Gasteiger partial charge in [0.05, 0.1) is 0 Å². The summed E-state index contributed by atoms with van der Waals surface area (Å²) in [6.45, 7) is -0.742. The Morgan fingerprint density at radius 2 is 1.65 bits per heavy atom. The highest BCUT2D eigenvalue weighted by Gasteiger charge is 2.28. The number of carbonyl (C=O) groups is 6. The van der Waals surface area contributed by atoms with Gasteiger partial charge in [0.25, 0.3) is 0 Å². The Bertz CT molecular complexity index is 940. The number of nitrogens with one attached hydrogen (secondary N) is 2. The molecule has 34 heavy (non-hydrogen) atoms. The third kappa shape index (κ3) is 9.87. The molecular formula is C20H26N4O9S. The second-order valence-corrected chi connectivity index (χ2v) is 8.33. The van der Waals surface area contributed by atoms with E-state index in [1.54, 1.807) is 12.1 Å². The SMILES string of the molecule is Nc1ccccc1C(=O)CC(SC[C@H](NC(=O)CC[C@H](N)C(=O)O)C(=O)NCC(=O)O)C(=O)O. The Hall–Kier alpha value is -3.65. The number of rotatable bonds is 15. The Morgan fingerprint density at radius 3 is 2.21 bits per heavy atom. The summed E-state index contributed by atoms with van der Waals surface area (Å²) in [5.74, 6) is -6.47. The maximum Gasteiger partial charge on any atom is 0.322 e. The van der Waals surface area contributed by atoms with E-state index in [9.17, 15) is 33.9 Å². The summed E-state index contributed by atoms with van der Waals surface area (Å²) in [7, 11) is 0. The van der Waals surface area contributed by atoms with Gasteiger partial charge in [0.2, 0.25) is 11.8 Å². The molecule has 0 heterocycles. The molecule has 13 nitrogen and oxygen atoms in total. The van der Waals surface area contributed by atoms with Gasteiger partial charge in [0, 0.05) is 29.8 Å². The highest BCUT2D eigenvalue weighted by atomic mass is 32.2. The molecule has 0 saturated carbocycles. The number of para-hydroxylation sites is 1. The van der Waals surface area contributed by atoms with E-state index in [0.717, 1.165) is 0 Å². The molecule has 14 heteroatoms. The molecule has 0 fully saturated rings. The van der Waals surface area contributed by atoms with Crippen molar-refractivity contribution in [1.29, 1.82) is 0 Å². The van der Waals surface area contributed by atoms with E-state index >= 15 is 0 Å². The molecule has 0 saturated heterocycles. The van der Waals surface area contributed by atoms with Gasteiger partial charge in [-0.25, -0.2) is 0 Å². The summed E-state index contributed by atoms with van der Waals surface area (Å²) in [6.07, 6.45) is -1.00. The molecule has 0 radical (unpaired) electrons. The minimum absolute atomic E-state index is 0.146. The second-order valence-electron chi connectivity index (χ2n) is 7.09. The van der Waals surface area contributed by atoms with E-state index < -0.39 is 65.8 Å². The average molecular weight is 499 g/mol. The van der Waals surface area contributed by atoms with Gasteiger partial charge in [0.1, 0.15) is 23.9 Å². The van der Waals surface area contributed by atoms with Crippen molar-refractivity contribution in [2.24, 2.45) is 5.73 Å². The van der Waals surface area contributed by atoms with Gasteiger partial charge in [-0.1, -0.05) is 12.1 Å². The van der Waals surface area contributed by atoms with Crippen molar-refractivity contribution in [2.75, 3.05) is 18.0 Å². The number of benzene rings is 1. The predicted octanol–water partition coefficient (Wildman–Crippen LogP) is -1.09. The van der Waals surface area contributed by atoms with Crippen molar-refractivity contribution >= 4 is 53.0 Å². The molecule has 1 rings (SSSR count). The molecule has 0 aliphatic heterocycles. The number of carbonyl (C=O) groups excluding carboxylic acids is 3. The first-order valence-corrected chi connectivity index (χ1v) is 11.0. The molecule has 3 atom stereocenters. The van der Waals surface area contributed by atoms with Crippen LogP contribution in [0.15, 0.2) is 24.3 Å². The van der Waals surface area contributed by atoms with Crippen LogP contribution in [0.5, 0.6) is 0 Å². The number of aliphatic carboxylic acids is 3. The fraction of sp³-hybridized carbons (Fsp3) is 0.400. The first kappa shape index (κ1) is 28.4. The fourth-order valence-electron chi connectivity index (χ4n) is 2.60. The third-order valence-electron chi connectivity index (χ3n) is 4.44. The lowest BCUT2D eigenvalue weighted by Gasteiger charge is -2.20. The van der Waals surface area contributed by atoms with Gasteiger partial charge in [0.15, 0.2) is 5.78 Å². The molecule has 2 amide bonds. The zero-order valence-corrected chi connectivity index (χ0v) is 18.7. The van der Waals surface area contributed by atoms with Crippen LogP contribution in [0.1, 0.15) is 29.6 Å². The molecule has 1 unspecified atom stereocenters. The number of nitrogens with two attached hydrogens (primary N) is 2. The van der Waals surface area contributed by atoms with Crippen molar-refractivity contribution in [3.8, 4) is 0 Å². The largest absolute Gasteiger partial charge is 0.480 e. The number of ketones is 1. The van der Waals surface area contributed by atoms with Crippen LogP contribution >= 0.6 is 11.8 Å². The minimum Gasteiger partial charge on any atom is -0.480 e. The molecule has 0 aliphatic carbocycles. The maximum absolute atomic E-state index is 12.5. The first-order chi connectivity index (χ1) is 15.9. The van der Waals surface area contributed by atoms with Crippen LogP contribution in [0.3, 0.4) is 0 Å². The monoisotopic (exact) mass is 498 g/mol. The fourth-order valence-corrected chi connectivity index (χ4v) is 3.68. The summed E-state index contributed by atoms with van der Waals surface area (Å²) in [5.41, 5.74) is 11.4. The zero-order valence-electron chi connectivity index (χ0n) is 17.9. The van der Waals surface area contributed by atoms with Gasteiger partial charge < -0.3 is 37.4 Å². The predicted molar refractivity (Wildman–Crippen MR) is 121 cm³/mol. The lowest BCUT2D eigenvalue weighted by atomic mass is 10.0. The summed E-state index contributed by atoms with van der Waals surface area (Å²) in [4.78, 5) is 70.2. The van der Waals surface area contributed by atoms with Gasteiger partial charge in [-0.2, -0.15) is 0 Å². The number of Topliss-reactive ketones (excluding diaryl/α,β-unsaturated/α-hetero) is 1. The quantitative estimate of drug-likeness (QED) is 0.113. The lowest BCUT2D eigenvalue weighted by Crippen LogP contribution is -2.50. The molecule has 1 aromatic carbocycles. The standard InChI is InChI=1S/C20H26N4O9S/c21-11-4-2-1-3-10(11)14(25)7-15(20(32)33)34-9-13(18(29)23-8-17(27)28)24-16(26)6-5-12(22)19(30)31/h1-4,12-13,15H,5-9,21-22H2,(H,23,29)(H,24,26)(H,27,28)(H,30,31)(H,32,33)/t12-,13-,15?/m0/s1. The third-order valence-corrected chi connectivity index (χ3v) is 5.73. The van der Waals surface area contributed by atoms with Gasteiger partial charge >= 0.3 is 17.9 Å². The zero-order chi connectivity index (χ0) is 25.8. The van der Waals surface area contributed by atoms with Gasteiger partial charge in [-0.15, -0.1) is 11.8 Å². The van der Waals surface area contributed by atoms with Crippen LogP contribution in [0.25, 0.3) is 0 Å². The Labute approximate surface area is 198 Å².